The van der Waals surface area contributed by atoms with Crippen LogP contribution >= 0.6 is 0 Å². The van der Waals surface area contributed by atoms with Crippen molar-refractivity contribution < 1.29 is 5.11 Å². The lowest BCUT2D eigenvalue weighted by molar-refractivity contribution is 0.0944. The average Bonchev–Trinajstić information content (AvgIpc) is 2.29. The standard InChI is InChI=1S/C15H24N2O/c1-12-9-13(10-16)5-6-14(12)11-17(7-8-18)15-3-2-4-15/h5-6,9,15,18H,2-4,7-8,10-11,16H2,1H3. The lowest BCUT2D eigenvalue weighted by atomic mass is 9.91. The summed E-state index contributed by atoms with van der Waals surface area (Å²) in [5.74, 6) is 0. The average molecular weight is 248 g/mol. The molecular formula is C15H24N2O. The van der Waals surface area contributed by atoms with Crippen LogP contribution < -0.4 is 5.73 Å². The summed E-state index contributed by atoms with van der Waals surface area (Å²) in [4.78, 5) is 2.41. The quantitative estimate of drug-likeness (QED) is 0.807. The Kier molecular flexibility index (Phi) is 4.75. The molecule has 0 radical (unpaired) electrons. The molecule has 0 aliphatic heterocycles. The van der Waals surface area contributed by atoms with Gasteiger partial charge in [0.1, 0.15) is 0 Å². The van der Waals surface area contributed by atoms with Gasteiger partial charge in [0.15, 0.2) is 0 Å². The van der Waals surface area contributed by atoms with Gasteiger partial charge in [0.2, 0.25) is 0 Å². The van der Waals surface area contributed by atoms with Gasteiger partial charge in [-0.25, -0.2) is 0 Å². The van der Waals surface area contributed by atoms with E-state index in [-0.39, 0.29) is 6.61 Å². The second-order valence-electron chi connectivity index (χ2n) is 5.24. The van der Waals surface area contributed by atoms with E-state index in [9.17, 15) is 5.11 Å². The lowest BCUT2D eigenvalue weighted by Crippen LogP contribution is -2.41. The molecule has 18 heavy (non-hydrogen) atoms. The smallest absolute Gasteiger partial charge is 0.0558 e. The first kappa shape index (κ1) is 13.5. The van der Waals surface area contributed by atoms with Crippen LogP contribution in [0.3, 0.4) is 0 Å². The minimum Gasteiger partial charge on any atom is -0.395 e. The number of hydrogen-bond donors (Lipinski definition) is 2. The molecule has 1 aromatic rings. The molecule has 1 aromatic carbocycles. The van der Waals surface area contributed by atoms with Crippen molar-refractivity contribution in [3.63, 3.8) is 0 Å². The number of aryl methyl sites for hydroxylation is 1. The molecule has 2 rings (SSSR count). The molecule has 0 saturated heterocycles. The summed E-state index contributed by atoms with van der Waals surface area (Å²) in [6.07, 6.45) is 3.89. The summed E-state index contributed by atoms with van der Waals surface area (Å²) in [7, 11) is 0. The minimum atomic E-state index is 0.246. The Labute approximate surface area is 110 Å². The van der Waals surface area contributed by atoms with E-state index in [4.69, 9.17) is 5.73 Å². The number of benzene rings is 1. The second kappa shape index (κ2) is 6.32. The molecule has 0 aromatic heterocycles. The van der Waals surface area contributed by atoms with Gasteiger partial charge in [0.05, 0.1) is 6.61 Å². The predicted octanol–water partition coefficient (Wildman–Crippen LogP) is 1.80. The van der Waals surface area contributed by atoms with Crippen molar-refractivity contribution in [3.8, 4) is 0 Å². The molecule has 0 heterocycles. The Hall–Kier alpha value is -0.900. The van der Waals surface area contributed by atoms with Crippen LogP contribution in [-0.4, -0.2) is 29.2 Å². The van der Waals surface area contributed by atoms with E-state index in [0.29, 0.717) is 12.6 Å². The Balaban J connectivity index is 2.05. The molecule has 3 heteroatoms. The number of rotatable bonds is 6. The molecule has 1 aliphatic rings. The maximum absolute atomic E-state index is 9.18. The molecule has 1 fully saturated rings. The molecule has 1 aliphatic carbocycles. The van der Waals surface area contributed by atoms with Crippen molar-refractivity contribution in [2.75, 3.05) is 13.2 Å². The van der Waals surface area contributed by atoms with Crippen LogP contribution in [0.2, 0.25) is 0 Å². The van der Waals surface area contributed by atoms with Crippen LogP contribution in [-0.2, 0) is 13.1 Å². The number of aliphatic hydroxyl groups excluding tert-OH is 1. The van der Waals surface area contributed by atoms with Crippen molar-refractivity contribution in [1.82, 2.24) is 4.90 Å². The fourth-order valence-electron chi connectivity index (χ4n) is 2.55. The molecule has 100 valence electrons. The van der Waals surface area contributed by atoms with Crippen LogP contribution in [0.1, 0.15) is 36.0 Å². The molecule has 0 atom stereocenters. The Morgan fingerprint density at radius 1 is 1.39 bits per heavy atom. The van der Waals surface area contributed by atoms with Gasteiger partial charge in [-0.15, -0.1) is 0 Å². The Morgan fingerprint density at radius 2 is 2.17 bits per heavy atom. The summed E-state index contributed by atoms with van der Waals surface area (Å²) < 4.78 is 0. The normalized spacial score (nSPS) is 16.0. The maximum Gasteiger partial charge on any atom is 0.0558 e. The van der Waals surface area contributed by atoms with Gasteiger partial charge in [-0.2, -0.15) is 0 Å². The molecular weight excluding hydrogens is 224 g/mol. The van der Waals surface area contributed by atoms with Crippen molar-refractivity contribution in [1.29, 1.82) is 0 Å². The van der Waals surface area contributed by atoms with Crippen LogP contribution in [0, 0.1) is 6.92 Å². The predicted molar refractivity (Wildman–Crippen MR) is 74.2 cm³/mol. The van der Waals surface area contributed by atoms with E-state index in [1.807, 2.05) is 0 Å². The van der Waals surface area contributed by atoms with Gasteiger partial charge >= 0.3 is 0 Å². The zero-order chi connectivity index (χ0) is 13.0. The number of aliphatic hydroxyl groups is 1. The van der Waals surface area contributed by atoms with Crippen molar-refractivity contribution in [2.45, 2.75) is 45.3 Å². The van der Waals surface area contributed by atoms with Gasteiger partial charge in [0.25, 0.3) is 0 Å². The third kappa shape index (κ3) is 3.10. The first-order valence-corrected chi connectivity index (χ1v) is 6.88. The van der Waals surface area contributed by atoms with Crippen LogP contribution in [0.25, 0.3) is 0 Å². The first-order chi connectivity index (χ1) is 8.74. The van der Waals surface area contributed by atoms with Gasteiger partial charge in [-0.3, -0.25) is 4.90 Å². The van der Waals surface area contributed by atoms with E-state index in [1.165, 1.54) is 36.0 Å². The molecule has 1 saturated carbocycles. The highest BCUT2D eigenvalue weighted by molar-refractivity contribution is 5.31. The minimum absolute atomic E-state index is 0.246. The molecule has 0 amide bonds. The largest absolute Gasteiger partial charge is 0.395 e. The highest BCUT2D eigenvalue weighted by Crippen LogP contribution is 2.26. The molecule has 0 unspecified atom stereocenters. The Morgan fingerprint density at radius 3 is 2.67 bits per heavy atom. The summed E-state index contributed by atoms with van der Waals surface area (Å²) in [6, 6.07) is 7.14. The maximum atomic E-state index is 9.18. The van der Waals surface area contributed by atoms with E-state index < -0.39 is 0 Å². The Bertz CT molecular complexity index is 388. The first-order valence-electron chi connectivity index (χ1n) is 6.88. The molecule has 3 nitrogen and oxygen atoms in total. The zero-order valence-corrected chi connectivity index (χ0v) is 11.2. The third-order valence-electron chi connectivity index (χ3n) is 3.99. The fraction of sp³-hybridized carbons (Fsp3) is 0.600. The summed E-state index contributed by atoms with van der Waals surface area (Å²) in [5, 5.41) is 9.18. The van der Waals surface area contributed by atoms with Gasteiger partial charge in [-0.05, 0) is 36.5 Å². The topological polar surface area (TPSA) is 49.5 Å². The molecule has 0 bridgehead atoms. The summed E-state index contributed by atoms with van der Waals surface area (Å²) >= 11 is 0. The number of nitrogens with zero attached hydrogens (tertiary/aromatic N) is 1. The summed E-state index contributed by atoms with van der Waals surface area (Å²) in [5.41, 5.74) is 9.50. The number of hydrogen-bond acceptors (Lipinski definition) is 3. The second-order valence-corrected chi connectivity index (χ2v) is 5.24. The fourth-order valence-corrected chi connectivity index (χ4v) is 2.55. The SMILES string of the molecule is Cc1cc(CN)ccc1CN(CCO)C1CCC1. The van der Waals surface area contributed by atoms with Crippen molar-refractivity contribution in [2.24, 2.45) is 5.73 Å². The van der Waals surface area contributed by atoms with E-state index in [0.717, 1.165) is 13.1 Å². The third-order valence-corrected chi connectivity index (χ3v) is 3.99. The van der Waals surface area contributed by atoms with Gasteiger partial charge in [0, 0.05) is 25.7 Å². The molecule has 3 N–H and O–H groups in total. The highest BCUT2D eigenvalue weighted by Gasteiger charge is 2.24. The van der Waals surface area contributed by atoms with Crippen LogP contribution in [0.4, 0.5) is 0 Å². The lowest BCUT2D eigenvalue weighted by Gasteiger charge is -2.37. The monoisotopic (exact) mass is 248 g/mol. The van der Waals surface area contributed by atoms with Crippen LogP contribution in [0.5, 0.6) is 0 Å². The zero-order valence-electron chi connectivity index (χ0n) is 11.2. The van der Waals surface area contributed by atoms with Gasteiger partial charge in [-0.1, -0.05) is 24.6 Å². The molecule has 0 spiro atoms. The summed E-state index contributed by atoms with van der Waals surface area (Å²) in [6.45, 7) is 4.72. The number of nitrogens with two attached hydrogens (primary N) is 1. The van der Waals surface area contributed by atoms with Crippen molar-refractivity contribution in [3.05, 3.63) is 34.9 Å². The highest BCUT2D eigenvalue weighted by atomic mass is 16.3. The van der Waals surface area contributed by atoms with Gasteiger partial charge < -0.3 is 10.8 Å². The van der Waals surface area contributed by atoms with E-state index >= 15 is 0 Å². The van der Waals surface area contributed by atoms with Crippen LogP contribution in [0.15, 0.2) is 18.2 Å². The van der Waals surface area contributed by atoms with Crippen molar-refractivity contribution >= 4 is 0 Å². The van der Waals surface area contributed by atoms with E-state index in [1.54, 1.807) is 0 Å². The van der Waals surface area contributed by atoms with E-state index in [2.05, 4.69) is 30.0 Å².